The lowest BCUT2D eigenvalue weighted by molar-refractivity contribution is 0.0947. The van der Waals surface area contributed by atoms with E-state index in [2.05, 4.69) is 17.2 Å². The molecule has 106 valence electrons. The maximum absolute atomic E-state index is 12.3. The molecule has 0 aromatic heterocycles. The van der Waals surface area contributed by atoms with Crippen molar-refractivity contribution in [3.63, 3.8) is 0 Å². The van der Waals surface area contributed by atoms with Crippen molar-refractivity contribution in [2.45, 2.75) is 32.6 Å². The molecule has 1 fully saturated rings. The van der Waals surface area contributed by atoms with Crippen LogP contribution >= 0.6 is 0 Å². The zero-order chi connectivity index (χ0) is 14.4. The Morgan fingerprint density at radius 3 is 2.85 bits per heavy atom. The minimum absolute atomic E-state index is 0.0260. The molecule has 0 atom stereocenters. The van der Waals surface area contributed by atoms with E-state index in [-0.39, 0.29) is 5.91 Å². The van der Waals surface area contributed by atoms with Crippen LogP contribution in [0.5, 0.6) is 0 Å². The van der Waals surface area contributed by atoms with Crippen molar-refractivity contribution < 1.29 is 4.79 Å². The second-order valence-electron chi connectivity index (χ2n) is 5.42. The van der Waals surface area contributed by atoms with Gasteiger partial charge in [-0.1, -0.05) is 36.3 Å². The molecule has 0 aliphatic heterocycles. The van der Waals surface area contributed by atoms with Crippen LogP contribution in [0.4, 0.5) is 0 Å². The topological polar surface area (TPSA) is 55.1 Å². The molecule has 1 amide bonds. The lowest BCUT2D eigenvalue weighted by atomic mass is 10.0. The van der Waals surface area contributed by atoms with Gasteiger partial charge in [0.25, 0.3) is 5.91 Å². The Bertz CT molecular complexity index is 534. The number of rotatable bonds is 3. The molecule has 0 unspecified atom stereocenters. The van der Waals surface area contributed by atoms with Gasteiger partial charge in [0.05, 0.1) is 12.1 Å². The normalized spacial score (nSPS) is 14.7. The van der Waals surface area contributed by atoms with Crippen molar-refractivity contribution >= 4 is 5.91 Å². The Kier molecular flexibility index (Phi) is 5.20. The number of benzene rings is 1. The summed E-state index contributed by atoms with van der Waals surface area (Å²) in [5, 5.41) is 3.05. The summed E-state index contributed by atoms with van der Waals surface area (Å²) in [6.45, 7) is 3.06. The highest BCUT2D eigenvalue weighted by Crippen LogP contribution is 2.23. The van der Waals surface area contributed by atoms with E-state index in [1.165, 1.54) is 25.7 Å². The fourth-order valence-corrected chi connectivity index (χ4v) is 2.65. The number of nitrogens with one attached hydrogen (secondary N) is 1. The second-order valence-corrected chi connectivity index (χ2v) is 5.42. The van der Waals surface area contributed by atoms with Crippen LogP contribution in [0.2, 0.25) is 0 Å². The first-order valence-corrected chi connectivity index (χ1v) is 7.28. The number of carbonyl (C=O) groups excluding carboxylic acids is 1. The van der Waals surface area contributed by atoms with Crippen LogP contribution in [0.1, 0.15) is 47.2 Å². The average Bonchev–Trinajstić information content (AvgIpc) is 2.96. The van der Waals surface area contributed by atoms with Gasteiger partial charge in [0.1, 0.15) is 0 Å². The predicted molar refractivity (Wildman–Crippen MR) is 81.4 cm³/mol. The number of amides is 1. The van der Waals surface area contributed by atoms with Gasteiger partial charge in [-0.3, -0.25) is 4.79 Å². The number of hydrogen-bond acceptors (Lipinski definition) is 2. The minimum Gasteiger partial charge on any atom is -0.352 e. The number of aryl methyl sites for hydroxylation is 1. The van der Waals surface area contributed by atoms with Crippen LogP contribution < -0.4 is 11.1 Å². The Balaban J connectivity index is 2.08. The van der Waals surface area contributed by atoms with Gasteiger partial charge in [0.2, 0.25) is 0 Å². The zero-order valence-electron chi connectivity index (χ0n) is 12.0. The van der Waals surface area contributed by atoms with Crippen LogP contribution in [-0.2, 0) is 0 Å². The highest BCUT2D eigenvalue weighted by molar-refractivity contribution is 5.96. The third-order valence-corrected chi connectivity index (χ3v) is 3.77. The van der Waals surface area contributed by atoms with E-state index in [1.54, 1.807) is 0 Å². The summed E-state index contributed by atoms with van der Waals surface area (Å²) in [7, 11) is 0. The van der Waals surface area contributed by atoms with Crippen molar-refractivity contribution in [3.05, 3.63) is 34.9 Å². The molecule has 2 rings (SSSR count). The van der Waals surface area contributed by atoms with E-state index in [0.29, 0.717) is 18.0 Å². The van der Waals surface area contributed by atoms with E-state index in [1.807, 2.05) is 25.1 Å². The van der Waals surface area contributed by atoms with Gasteiger partial charge >= 0.3 is 0 Å². The quantitative estimate of drug-likeness (QED) is 0.828. The monoisotopic (exact) mass is 270 g/mol. The lowest BCUT2D eigenvalue weighted by Crippen LogP contribution is -2.29. The first-order valence-electron chi connectivity index (χ1n) is 7.28. The number of nitrogens with two attached hydrogens (primary N) is 1. The molecule has 1 aromatic rings. The van der Waals surface area contributed by atoms with E-state index in [9.17, 15) is 4.79 Å². The third kappa shape index (κ3) is 3.85. The Hall–Kier alpha value is -1.79. The van der Waals surface area contributed by atoms with Gasteiger partial charge in [-0.2, -0.15) is 0 Å². The molecule has 3 heteroatoms. The Labute approximate surface area is 120 Å². The fraction of sp³-hybridized carbons (Fsp3) is 0.471. The largest absolute Gasteiger partial charge is 0.352 e. The van der Waals surface area contributed by atoms with Crippen molar-refractivity contribution in [2.24, 2.45) is 11.7 Å². The first kappa shape index (κ1) is 14.6. The molecule has 0 heterocycles. The van der Waals surface area contributed by atoms with Crippen LogP contribution in [0.3, 0.4) is 0 Å². The predicted octanol–water partition coefficient (Wildman–Crippen LogP) is 2.23. The molecule has 0 spiro atoms. The van der Waals surface area contributed by atoms with Gasteiger partial charge in [-0.15, -0.1) is 0 Å². The summed E-state index contributed by atoms with van der Waals surface area (Å²) in [5.41, 5.74) is 7.87. The molecule has 3 N–H and O–H groups in total. The van der Waals surface area contributed by atoms with Gasteiger partial charge in [-0.05, 0) is 37.8 Å². The van der Waals surface area contributed by atoms with E-state index >= 15 is 0 Å². The van der Waals surface area contributed by atoms with Crippen LogP contribution in [-0.4, -0.2) is 19.0 Å². The SMILES string of the molecule is Cc1ccc(C#CCN)c(C(=O)NCC2CCCC2)c1. The molecular weight excluding hydrogens is 248 g/mol. The molecule has 0 bridgehead atoms. The maximum Gasteiger partial charge on any atom is 0.252 e. The van der Waals surface area contributed by atoms with Crippen molar-refractivity contribution in [1.82, 2.24) is 5.32 Å². The smallest absolute Gasteiger partial charge is 0.252 e. The maximum atomic E-state index is 12.3. The minimum atomic E-state index is -0.0260. The summed E-state index contributed by atoms with van der Waals surface area (Å²) in [5.74, 6) is 6.40. The highest BCUT2D eigenvalue weighted by atomic mass is 16.1. The van der Waals surface area contributed by atoms with E-state index < -0.39 is 0 Å². The molecule has 1 aromatic carbocycles. The Morgan fingerprint density at radius 2 is 2.15 bits per heavy atom. The summed E-state index contributed by atoms with van der Waals surface area (Å²) in [6.07, 6.45) is 5.04. The first-order chi connectivity index (χ1) is 9.70. The summed E-state index contributed by atoms with van der Waals surface area (Å²) in [6, 6.07) is 5.75. The summed E-state index contributed by atoms with van der Waals surface area (Å²) < 4.78 is 0. The standard InChI is InChI=1S/C17H22N2O/c1-13-8-9-15(7-4-10-18)16(11-13)17(20)19-12-14-5-2-3-6-14/h8-9,11,14H,2-3,5-6,10,12,18H2,1H3,(H,19,20). The van der Waals surface area contributed by atoms with Gasteiger partial charge in [0.15, 0.2) is 0 Å². The van der Waals surface area contributed by atoms with Crippen molar-refractivity contribution in [3.8, 4) is 11.8 Å². The molecule has 0 saturated heterocycles. The van der Waals surface area contributed by atoms with Crippen LogP contribution in [0.25, 0.3) is 0 Å². The second kappa shape index (κ2) is 7.12. The molecule has 20 heavy (non-hydrogen) atoms. The Morgan fingerprint density at radius 1 is 1.40 bits per heavy atom. The lowest BCUT2D eigenvalue weighted by Gasteiger charge is -2.12. The fourth-order valence-electron chi connectivity index (χ4n) is 2.65. The molecule has 1 aliphatic rings. The van der Waals surface area contributed by atoms with Crippen molar-refractivity contribution in [2.75, 3.05) is 13.1 Å². The van der Waals surface area contributed by atoms with Gasteiger partial charge < -0.3 is 11.1 Å². The van der Waals surface area contributed by atoms with Crippen molar-refractivity contribution in [1.29, 1.82) is 0 Å². The molecule has 1 saturated carbocycles. The average molecular weight is 270 g/mol. The molecule has 1 aliphatic carbocycles. The molecular formula is C17H22N2O. The third-order valence-electron chi connectivity index (χ3n) is 3.77. The summed E-state index contributed by atoms with van der Waals surface area (Å²) in [4.78, 5) is 12.3. The van der Waals surface area contributed by atoms with Gasteiger partial charge in [0, 0.05) is 12.1 Å². The van der Waals surface area contributed by atoms with E-state index in [4.69, 9.17) is 5.73 Å². The highest BCUT2D eigenvalue weighted by Gasteiger charge is 2.17. The zero-order valence-corrected chi connectivity index (χ0v) is 12.0. The molecule has 0 radical (unpaired) electrons. The van der Waals surface area contributed by atoms with Gasteiger partial charge in [-0.25, -0.2) is 0 Å². The van der Waals surface area contributed by atoms with Crippen LogP contribution in [0.15, 0.2) is 18.2 Å². The molecule has 3 nitrogen and oxygen atoms in total. The van der Waals surface area contributed by atoms with E-state index in [0.717, 1.165) is 17.7 Å². The van der Waals surface area contributed by atoms with Crippen LogP contribution in [0, 0.1) is 24.7 Å². The number of hydrogen-bond donors (Lipinski definition) is 2. The number of carbonyl (C=O) groups is 1. The summed E-state index contributed by atoms with van der Waals surface area (Å²) >= 11 is 0.